The summed E-state index contributed by atoms with van der Waals surface area (Å²) >= 11 is 0. The summed E-state index contributed by atoms with van der Waals surface area (Å²) in [6.45, 7) is 4.38. The van der Waals surface area contributed by atoms with Crippen molar-refractivity contribution in [3.8, 4) is 0 Å². The van der Waals surface area contributed by atoms with Gasteiger partial charge in [-0.15, -0.1) is 0 Å². The van der Waals surface area contributed by atoms with E-state index in [-0.39, 0.29) is 23.7 Å². The van der Waals surface area contributed by atoms with Crippen LogP contribution in [0.2, 0.25) is 0 Å². The first kappa shape index (κ1) is 22.9. The van der Waals surface area contributed by atoms with Gasteiger partial charge in [-0.2, -0.15) is 0 Å². The summed E-state index contributed by atoms with van der Waals surface area (Å²) in [7, 11) is 3.50. The highest BCUT2D eigenvalue weighted by atomic mass is 33.1. The molecule has 1 saturated heterocycles. The molecule has 1 heterocycles. The minimum atomic E-state index is -0.547. The molecule has 1 aliphatic rings. The molecular formula is C16H32N6O2S2. The van der Waals surface area contributed by atoms with Crippen molar-refractivity contribution >= 4 is 39.4 Å². The van der Waals surface area contributed by atoms with Crippen molar-refractivity contribution < 1.29 is 9.59 Å². The molecule has 8 nitrogen and oxygen atoms in total. The highest BCUT2D eigenvalue weighted by Gasteiger charge is 2.24. The van der Waals surface area contributed by atoms with Crippen LogP contribution in [-0.4, -0.2) is 66.4 Å². The van der Waals surface area contributed by atoms with Crippen LogP contribution in [0.3, 0.4) is 0 Å². The second-order valence-electron chi connectivity index (χ2n) is 6.41. The third-order valence-corrected chi connectivity index (χ3v) is 6.62. The predicted octanol–water partition coefficient (Wildman–Crippen LogP) is 0.333. The number of carbonyl (C=O) groups excluding carboxylic acids is 2. The topological polar surface area (TPSA) is 137 Å². The Morgan fingerprint density at radius 2 is 2.08 bits per heavy atom. The van der Waals surface area contributed by atoms with Crippen LogP contribution in [0.4, 0.5) is 0 Å². The molecule has 2 atom stereocenters. The lowest BCUT2D eigenvalue weighted by Crippen LogP contribution is -2.47. The van der Waals surface area contributed by atoms with Crippen molar-refractivity contribution in [3.05, 3.63) is 0 Å². The maximum Gasteiger partial charge on any atom is 0.242 e. The summed E-state index contributed by atoms with van der Waals surface area (Å²) in [6.07, 6.45) is 3.11. The Labute approximate surface area is 163 Å². The van der Waals surface area contributed by atoms with Gasteiger partial charge in [-0.3, -0.25) is 15.0 Å². The van der Waals surface area contributed by atoms with E-state index >= 15 is 0 Å². The first-order valence-corrected chi connectivity index (χ1v) is 11.5. The quantitative estimate of drug-likeness (QED) is 0.145. The number of amides is 2. The van der Waals surface area contributed by atoms with E-state index in [1.807, 2.05) is 0 Å². The van der Waals surface area contributed by atoms with E-state index < -0.39 is 6.04 Å². The van der Waals surface area contributed by atoms with E-state index in [4.69, 9.17) is 16.9 Å². The lowest BCUT2D eigenvalue weighted by atomic mass is 9.94. The Kier molecular flexibility index (Phi) is 11.5. The number of carbonyl (C=O) groups is 2. The minimum absolute atomic E-state index is 0.0578. The number of likely N-dealkylation sites (tertiary alicyclic amines) is 1. The molecule has 26 heavy (non-hydrogen) atoms. The Balaban J connectivity index is 2.18. The molecule has 0 saturated carbocycles. The van der Waals surface area contributed by atoms with Crippen LogP contribution in [0.25, 0.3) is 0 Å². The Bertz CT molecular complexity index is 466. The zero-order chi connectivity index (χ0) is 19.4. The molecule has 0 aromatic rings. The van der Waals surface area contributed by atoms with E-state index in [1.54, 1.807) is 33.4 Å². The fraction of sp³-hybridized carbons (Fsp3) is 0.812. The van der Waals surface area contributed by atoms with E-state index in [0.29, 0.717) is 26.1 Å². The molecule has 1 fully saturated rings. The number of nitrogens with one attached hydrogen (secondary N) is 3. The number of nitrogens with zero attached hydrogens (tertiary/aromatic N) is 1. The van der Waals surface area contributed by atoms with Crippen LogP contribution in [0.1, 0.15) is 32.6 Å². The molecule has 1 aliphatic heterocycles. The van der Waals surface area contributed by atoms with E-state index in [1.165, 1.54) is 0 Å². The minimum Gasteiger partial charge on any atom is -0.370 e. The van der Waals surface area contributed by atoms with Gasteiger partial charge in [0, 0.05) is 44.1 Å². The molecule has 0 aliphatic carbocycles. The molecule has 10 heteroatoms. The molecule has 0 aromatic carbocycles. The second-order valence-corrected chi connectivity index (χ2v) is 9.11. The van der Waals surface area contributed by atoms with Crippen molar-refractivity contribution in [2.75, 3.05) is 37.7 Å². The molecule has 1 rings (SSSR count). The average molecular weight is 405 g/mol. The van der Waals surface area contributed by atoms with Crippen LogP contribution in [-0.2, 0) is 9.59 Å². The average Bonchev–Trinajstić information content (AvgIpc) is 2.60. The van der Waals surface area contributed by atoms with Crippen molar-refractivity contribution in [2.45, 2.75) is 38.6 Å². The first-order chi connectivity index (χ1) is 12.4. The largest absolute Gasteiger partial charge is 0.370 e. The number of guanidine groups is 1. The molecule has 0 unspecified atom stereocenters. The Hall–Kier alpha value is -1.13. The lowest BCUT2D eigenvalue weighted by molar-refractivity contribution is -0.129. The number of rotatable bonds is 11. The number of nitrogens with two attached hydrogens (primary N) is 2. The zero-order valence-corrected chi connectivity index (χ0v) is 17.1. The summed E-state index contributed by atoms with van der Waals surface area (Å²) in [5, 5.41) is 13.1. The maximum absolute atomic E-state index is 12.2. The van der Waals surface area contributed by atoms with Gasteiger partial charge in [0.2, 0.25) is 11.8 Å². The molecule has 2 amide bonds. The van der Waals surface area contributed by atoms with Gasteiger partial charge in [-0.1, -0.05) is 21.6 Å². The van der Waals surface area contributed by atoms with Gasteiger partial charge in [0.25, 0.3) is 0 Å². The van der Waals surface area contributed by atoms with Gasteiger partial charge >= 0.3 is 0 Å². The van der Waals surface area contributed by atoms with Gasteiger partial charge < -0.3 is 27.0 Å². The fourth-order valence-electron chi connectivity index (χ4n) is 2.74. The van der Waals surface area contributed by atoms with Gasteiger partial charge in [0.15, 0.2) is 5.96 Å². The zero-order valence-electron chi connectivity index (χ0n) is 15.5. The van der Waals surface area contributed by atoms with Gasteiger partial charge in [0.1, 0.15) is 6.04 Å². The Morgan fingerprint density at radius 3 is 2.77 bits per heavy atom. The number of piperidine rings is 1. The van der Waals surface area contributed by atoms with E-state index in [0.717, 1.165) is 37.3 Å². The number of hydrogen-bond donors (Lipinski definition) is 5. The van der Waals surface area contributed by atoms with Gasteiger partial charge in [-0.05, 0) is 32.1 Å². The summed E-state index contributed by atoms with van der Waals surface area (Å²) in [5.41, 5.74) is 10.9. The predicted molar refractivity (Wildman–Crippen MR) is 110 cm³/mol. The molecule has 7 N–H and O–H groups in total. The van der Waals surface area contributed by atoms with Crippen LogP contribution in [0, 0.1) is 11.3 Å². The highest BCUT2D eigenvalue weighted by molar-refractivity contribution is 8.76. The maximum atomic E-state index is 12.2. The van der Waals surface area contributed by atoms with Crippen LogP contribution >= 0.6 is 21.6 Å². The van der Waals surface area contributed by atoms with Crippen molar-refractivity contribution in [2.24, 2.45) is 17.4 Å². The summed E-state index contributed by atoms with van der Waals surface area (Å²) in [6, 6.07) is -0.547. The third-order valence-electron chi connectivity index (χ3n) is 4.09. The fourth-order valence-corrected chi connectivity index (χ4v) is 4.68. The van der Waals surface area contributed by atoms with E-state index in [9.17, 15) is 9.59 Å². The van der Waals surface area contributed by atoms with Crippen LogP contribution in [0.5, 0.6) is 0 Å². The highest BCUT2D eigenvalue weighted by Crippen LogP contribution is 2.20. The molecule has 0 bridgehead atoms. The monoisotopic (exact) mass is 404 g/mol. The third kappa shape index (κ3) is 9.54. The second kappa shape index (κ2) is 13.1. The molecule has 150 valence electrons. The van der Waals surface area contributed by atoms with Crippen LogP contribution < -0.4 is 22.1 Å². The molecule has 0 spiro atoms. The molecule has 0 radical (unpaired) electrons. The standard InChI is InChI=1S/C16H32N6O2S2/c1-12(15(24)20-6-3-8-25-26-9-5-17)21-14(23)10-13-4-2-7-22(11-13)16(18)19/h12-13H,2-11,17H2,1H3,(H3,18,19)(H,20,24)(H,21,23)/t12-,13+/m0/s1. The SMILES string of the molecule is C[C@H](NC(=O)C[C@H]1CCCN(C(=N)N)C1)C(=O)NCCCSSCCN. The normalized spacial score (nSPS) is 18.2. The summed E-state index contributed by atoms with van der Waals surface area (Å²) < 4.78 is 0. The Morgan fingerprint density at radius 1 is 1.35 bits per heavy atom. The number of hydrogen-bond acceptors (Lipinski definition) is 6. The lowest BCUT2D eigenvalue weighted by Gasteiger charge is -2.32. The summed E-state index contributed by atoms with van der Waals surface area (Å²) in [4.78, 5) is 26.0. The first-order valence-electron chi connectivity index (χ1n) is 9.04. The van der Waals surface area contributed by atoms with Gasteiger partial charge in [-0.25, -0.2) is 0 Å². The van der Waals surface area contributed by atoms with Crippen molar-refractivity contribution in [1.29, 1.82) is 5.41 Å². The van der Waals surface area contributed by atoms with E-state index in [2.05, 4.69) is 10.6 Å². The summed E-state index contributed by atoms with van der Waals surface area (Å²) in [5.74, 6) is 1.84. The molecular weight excluding hydrogens is 372 g/mol. The van der Waals surface area contributed by atoms with Crippen molar-refractivity contribution in [1.82, 2.24) is 15.5 Å². The van der Waals surface area contributed by atoms with Crippen molar-refractivity contribution in [3.63, 3.8) is 0 Å². The van der Waals surface area contributed by atoms with Crippen LogP contribution in [0.15, 0.2) is 0 Å². The smallest absolute Gasteiger partial charge is 0.242 e. The van der Waals surface area contributed by atoms with Gasteiger partial charge in [0.05, 0.1) is 0 Å². The molecule has 0 aromatic heterocycles.